The van der Waals surface area contributed by atoms with Crippen LogP contribution in [-0.4, -0.2) is 22.4 Å². The minimum absolute atomic E-state index is 0.0763. The van der Waals surface area contributed by atoms with Crippen molar-refractivity contribution in [2.75, 3.05) is 7.11 Å². The van der Waals surface area contributed by atoms with Crippen LogP contribution in [0.15, 0.2) is 48.5 Å². The van der Waals surface area contributed by atoms with Crippen LogP contribution in [0.1, 0.15) is 36.1 Å². The molecule has 1 aromatic heterocycles. The number of imidazole rings is 1. The van der Waals surface area contributed by atoms with Crippen LogP contribution >= 0.6 is 0 Å². The summed E-state index contributed by atoms with van der Waals surface area (Å²) in [6.07, 6.45) is 0. The van der Waals surface area contributed by atoms with Gasteiger partial charge in [-0.15, -0.1) is 0 Å². The van der Waals surface area contributed by atoms with E-state index >= 15 is 0 Å². The fourth-order valence-electron chi connectivity index (χ4n) is 2.60. The highest BCUT2D eigenvalue weighted by molar-refractivity contribution is 6.08. The van der Waals surface area contributed by atoms with Gasteiger partial charge in [0.1, 0.15) is 5.75 Å². The number of hydrogen-bond acceptors (Lipinski definition) is 3. The molecule has 0 aliphatic rings. The van der Waals surface area contributed by atoms with Gasteiger partial charge in [-0.2, -0.15) is 0 Å². The van der Waals surface area contributed by atoms with Crippen molar-refractivity contribution in [3.63, 3.8) is 0 Å². The fourth-order valence-corrected chi connectivity index (χ4v) is 2.60. The van der Waals surface area contributed by atoms with Gasteiger partial charge in [0.2, 0.25) is 5.78 Å². The summed E-state index contributed by atoms with van der Waals surface area (Å²) in [5, 5.41) is 0. The van der Waals surface area contributed by atoms with Gasteiger partial charge in [0.25, 0.3) is 0 Å². The minimum atomic E-state index is -0.0763. The average Bonchev–Trinajstić information content (AvgIpc) is 2.94. The second-order valence-electron chi connectivity index (χ2n) is 5.45. The molecule has 2 aromatic carbocycles. The van der Waals surface area contributed by atoms with Gasteiger partial charge in [-0.05, 0) is 50.2 Å². The molecule has 3 aromatic rings. The van der Waals surface area contributed by atoms with E-state index in [0.29, 0.717) is 11.4 Å². The number of methoxy groups -OCH3 is 1. The number of nitrogens with zero attached hydrogens (tertiary/aromatic N) is 2. The molecule has 4 nitrogen and oxygen atoms in total. The van der Waals surface area contributed by atoms with Gasteiger partial charge < -0.3 is 9.30 Å². The molecule has 3 rings (SSSR count). The number of benzene rings is 2. The average molecular weight is 294 g/mol. The highest BCUT2D eigenvalue weighted by atomic mass is 16.5. The van der Waals surface area contributed by atoms with Crippen LogP contribution < -0.4 is 4.74 Å². The first-order valence-electron chi connectivity index (χ1n) is 7.27. The van der Waals surface area contributed by atoms with Gasteiger partial charge in [0.15, 0.2) is 5.82 Å². The van der Waals surface area contributed by atoms with Gasteiger partial charge in [-0.1, -0.05) is 12.1 Å². The van der Waals surface area contributed by atoms with Crippen molar-refractivity contribution in [2.24, 2.45) is 0 Å². The standard InChI is InChI=1S/C18H18N2O2/c1-12(2)20-16-7-5-4-6-15(16)19-18(20)17(21)13-8-10-14(22-3)11-9-13/h4-12H,1-3H3. The van der Waals surface area contributed by atoms with Crippen molar-refractivity contribution < 1.29 is 9.53 Å². The smallest absolute Gasteiger partial charge is 0.228 e. The van der Waals surface area contributed by atoms with E-state index in [2.05, 4.69) is 18.8 Å². The molecule has 4 heteroatoms. The lowest BCUT2D eigenvalue weighted by molar-refractivity contribution is 0.102. The minimum Gasteiger partial charge on any atom is -0.497 e. The maximum atomic E-state index is 12.8. The van der Waals surface area contributed by atoms with E-state index in [-0.39, 0.29) is 11.8 Å². The maximum Gasteiger partial charge on any atom is 0.228 e. The SMILES string of the molecule is COc1ccc(C(=O)c2nc3ccccc3n2C(C)C)cc1. The summed E-state index contributed by atoms with van der Waals surface area (Å²) < 4.78 is 7.12. The van der Waals surface area contributed by atoms with E-state index in [1.807, 2.05) is 28.8 Å². The summed E-state index contributed by atoms with van der Waals surface area (Å²) in [6, 6.07) is 15.1. The predicted molar refractivity (Wildman–Crippen MR) is 86.5 cm³/mol. The topological polar surface area (TPSA) is 44.1 Å². The molecule has 0 atom stereocenters. The van der Waals surface area contributed by atoms with Gasteiger partial charge in [-0.25, -0.2) is 4.98 Å². The van der Waals surface area contributed by atoms with E-state index in [1.165, 1.54) is 0 Å². The lowest BCUT2D eigenvalue weighted by atomic mass is 10.1. The normalized spacial score (nSPS) is 11.1. The van der Waals surface area contributed by atoms with E-state index in [1.54, 1.807) is 31.4 Å². The second-order valence-corrected chi connectivity index (χ2v) is 5.45. The Morgan fingerprint density at radius 3 is 2.41 bits per heavy atom. The number of hydrogen-bond donors (Lipinski definition) is 0. The highest BCUT2D eigenvalue weighted by Gasteiger charge is 2.20. The van der Waals surface area contributed by atoms with Crippen LogP contribution in [0, 0.1) is 0 Å². The molecule has 112 valence electrons. The zero-order valence-corrected chi connectivity index (χ0v) is 12.9. The number of fused-ring (bicyclic) bond motifs is 1. The van der Waals surface area contributed by atoms with Crippen LogP contribution in [0.3, 0.4) is 0 Å². The number of carbonyl (C=O) groups is 1. The van der Waals surface area contributed by atoms with Crippen molar-refractivity contribution in [1.82, 2.24) is 9.55 Å². The Bertz CT molecular complexity index is 817. The summed E-state index contributed by atoms with van der Waals surface area (Å²) in [4.78, 5) is 17.4. The van der Waals surface area contributed by atoms with Crippen LogP contribution in [0.2, 0.25) is 0 Å². The summed E-state index contributed by atoms with van der Waals surface area (Å²) in [7, 11) is 1.61. The number of carbonyl (C=O) groups excluding carboxylic acids is 1. The first-order chi connectivity index (χ1) is 10.6. The van der Waals surface area contributed by atoms with Crippen LogP contribution in [-0.2, 0) is 0 Å². The predicted octanol–water partition coefficient (Wildman–Crippen LogP) is 3.86. The Hall–Kier alpha value is -2.62. The molecule has 0 radical (unpaired) electrons. The first kappa shape index (κ1) is 14.3. The number of rotatable bonds is 4. The van der Waals surface area contributed by atoms with Crippen LogP contribution in [0.25, 0.3) is 11.0 Å². The lowest BCUT2D eigenvalue weighted by Crippen LogP contribution is -2.13. The third kappa shape index (κ3) is 2.37. The van der Waals surface area contributed by atoms with Crippen molar-refractivity contribution in [1.29, 1.82) is 0 Å². The number of ketones is 1. The molecule has 1 heterocycles. The third-order valence-electron chi connectivity index (χ3n) is 3.67. The van der Waals surface area contributed by atoms with Crippen molar-refractivity contribution >= 4 is 16.8 Å². The molecular weight excluding hydrogens is 276 g/mol. The molecule has 0 unspecified atom stereocenters. The zero-order valence-electron chi connectivity index (χ0n) is 12.9. The molecule has 0 aliphatic heterocycles. The van der Waals surface area contributed by atoms with Crippen LogP contribution in [0.4, 0.5) is 0 Å². The summed E-state index contributed by atoms with van der Waals surface area (Å²) in [5.74, 6) is 1.13. The molecular formula is C18H18N2O2. The van der Waals surface area contributed by atoms with Crippen LogP contribution in [0.5, 0.6) is 5.75 Å². The summed E-state index contributed by atoms with van der Waals surface area (Å²) in [5.41, 5.74) is 2.43. The van der Waals surface area contributed by atoms with Crippen molar-refractivity contribution in [3.8, 4) is 5.75 Å². The summed E-state index contributed by atoms with van der Waals surface area (Å²) in [6.45, 7) is 4.11. The monoisotopic (exact) mass is 294 g/mol. The van der Waals surface area contributed by atoms with Crippen molar-refractivity contribution in [2.45, 2.75) is 19.9 Å². The number of aromatic nitrogens is 2. The molecule has 0 fully saturated rings. The summed E-state index contributed by atoms with van der Waals surface area (Å²) >= 11 is 0. The Morgan fingerprint density at radius 2 is 1.77 bits per heavy atom. The Labute approximate surface area is 129 Å². The van der Waals surface area contributed by atoms with Gasteiger partial charge in [0.05, 0.1) is 18.1 Å². The third-order valence-corrected chi connectivity index (χ3v) is 3.67. The molecule has 0 bridgehead atoms. The molecule has 0 aliphatic carbocycles. The van der Waals surface area contributed by atoms with Gasteiger partial charge in [0, 0.05) is 11.6 Å². The second kappa shape index (κ2) is 5.64. The van der Waals surface area contributed by atoms with E-state index in [0.717, 1.165) is 16.8 Å². The first-order valence-corrected chi connectivity index (χ1v) is 7.27. The maximum absolute atomic E-state index is 12.8. The fraction of sp³-hybridized carbons (Fsp3) is 0.222. The van der Waals surface area contributed by atoms with E-state index in [9.17, 15) is 4.79 Å². The van der Waals surface area contributed by atoms with Crippen molar-refractivity contribution in [3.05, 3.63) is 59.9 Å². The molecule has 0 saturated carbocycles. The largest absolute Gasteiger partial charge is 0.497 e. The number of para-hydroxylation sites is 2. The Balaban J connectivity index is 2.11. The zero-order chi connectivity index (χ0) is 15.7. The molecule has 0 N–H and O–H groups in total. The molecule has 0 saturated heterocycles. The molecule has 0 spiro atoms. The lowest BCUT2D eigenvalue weighted by Gasteiger charge is -2.12. The number of ether oxygens (including phenoxy) is 1. The Morgan fingerprint density at radius 1 is 1.09 bits per heavy atom. The highest BCUT2D eigenvalue weighted by Crippen LogP contribution is 2.23. The molecule has 0 amide bonds. The quantitative estimate of drug-likeness (QED) is 0.686. The van der Waals surface area contributed by atoms with E-state index in [4.69, 9.17) is 4.74 Å². The molecule has 22 heavy (non-hydrogen) atoms. The van der Waals surface area contributed by atoms with E-state index < -0.39 is 0 Å². The Kier molecular flexibility index (Phi) is 3.67. The van der Waals surface area contributed by atoms with Gasteiger partial charge >= 0.3 is 0 Å². The van der Waals surface area contributed by atoms with Gasteiger partial charge in [-0.3, -0.25) is 4.79 Å².